The smallest absolute Gasteiger partial charge is 0.254 e. The van der Waals surface area contributed by atoms with Crippen LogP contribution in [0.2, 0.25) is 0 Å². The number of aliphatic hydroxyl groups is 1. The fourth-order valence-electron chi connectivity index (χ4n) is 3.32. The second kappa shape index (κ2) is 9.36. The lowest BCUT2D eigenvalue weighted by Gasteiger charge is -2.28. The lowest BCUT2D eigenvalue weighted by molar-refractivity contribution is -0.135. The van der Waals surface area contributed by atoms with E-state index < -0.39 is 18.6 Å². The van der Waals surface area contributed by atoms with E-state index in [0.717, 1.165) is 0 Å². The Labute approximate surface area is 159 Å². The van der Waals surface area contributed by atoms with Gasteiger partial charge in [-0.15, -0.1) is 0 Å². The van der Waals surface area contributed by atoms with Gasteiger partial charge in [0.15, 0.2) is 0 Å². The van der Waals surface area contributed by atoms with E-state index in [0.29, 0.717) is 30.8 Å². The van der Waals surface area contributed by atoms with Gasteiger partial charge in [-0.25, -0.2) is 0 Å². The molecule has 1 heterocycles. The number of amides is 3. The highest BCUT2D eigenvalue weighted by Crippen LogP contribution is 2.23. The summed E-state index contributed by atoms with van der Waals surface area (Å²) in [6.07, 6.45) is 0.322. The first kappa shape index (κ1) is 20.7. The number of nitrogens with zero attached hydrogens (tertiary/aromatic N) is 2. The summed E-state index contributed by atoms with van der Waals surface area (Å²) in [7, 11) is 1.55. The number of methoxy groups -OCH3 is 1. The Bertz CT molecular complexity index is 672. The molecule has 27 heavy (non-hydrogen) atoms. The molecule has 1 aliphatic heterocycles. The number of likely N-dealkylation sites (N-methyl/N-ethyl adjacent to an activating group) is 1. The van der Waals surface area contributed by atoms with E-state index >= 15 is 0 Å². The normalized spacial score (nSPS) is 18.9. The highest BCUT2D eigenvalue weighted by molar-refractivity contribution is 5.98. The van der Waals surface area contributed by atoms with Gasteiger partial charge < -0.3 is 25.0 Å². The molecule has 0 radical (unpaired) electrons. The van der Waals surface area contributed by atoms with Crippen molar-refractivity contribution < 1.29 is 24.2 Å². The van der Waals surface area contributed by atoms with Gasteiger partial charge in [-0.05, 0) is 44.5 Å². The van der Waals surface area contributed by atoms with Crippen LogP contribution in [0, 0.1) is 0 Å². The molecular weight excluding hydrogens is 350 g/mol. The highest BCUT2D eigenvalue weighted by Gasteiger charge is 2.41. The molecule has 2 rings (SSSR count). The summed E-state index contributed by atoms with van der Waals surface area (Å²) in [5.41, 5.74) is 0.447. The number of rotatable bonds is 7. The average molecular weight is 377 g/mol. The molecule has 1 saturated heterocycles. The van der Waals surface area contributed by atoms with Gasteiger partial charge in [0.2, 0.25) is 11.8 Å². The first-order valence-corrected chi connectivity index (χ1v) is 9.09. The standard InChI is InChI=1S/C19H27N3O5/c1-4-21(5-2)19(26)16-10-14(20-17(24)12-23)11-22(16)18(25)13-6-8-15(27-3)9-7-13/h6-9,14,16,23H,4-5,10-12H2,1-3H3,(H,20,24)/t14-,16+/m1/s1. The molecule has 0 aliphatic carbocycles. The van der Waals surface area contributed by atoms with Crippen LogP contribution >= 0.6 is 0 Å². The molecule has 0 bridgehead atoms. The second-order valence-corrected chi connectivity index (χ2v) is 6.37. The minimum Gasteiger partial charge on any atom is -0.497 e. The molecule has 1 aromatic rings. The summed E-state index contributed by atoms with van der Waals surface area (Å²) in [6, 6.07) is 5.66. The Morgan fingerprint density at radius 1 is 1.22 bits per heavy atom. The summed E-state index contributed by atoms with van der Waals surface area (Å²) < 4.78 is 5.11. The summed E-state index contributed by atoms with van der Waals surface area (Å²) in [6.45, 7) is 4.45. The summed E-state index contributed by atoms with van der Waals surface area (Å²) >= 11 is 0. The molecule has 0 spiro atoms. The monoisotopic (exact) mass is 377 g/mol. The molecule has 0 unspecified atom stereocenters. The average Bonchev–Trinajstić information content (AvgIpc) is 3.11. The highest BCUT2D eigenvalue weighted by atomic mass is 16.5. The Kier molecular flexibility index (Phi) is 7.18. The number of aliphatic hydroxyl groups excluding tert-OH is 1. The summed E-state index contributed by atoms with van der Waals surface area (Å²) in [4.78, 5) is 40.6. The zero-order valence-corrected chi connectivity index (χ0v) is 16.0. The number of ether oxygens (including phenoxy) is 1. The third kappa shape index (κ3) is 4.77. The molecule has 3 amide bonds. The Hall–Kier alpha value is -2.61. The summed E-state index contributed by atoms with van der Waals surface area (Å²) in [5, 5.41) is 11.6. The van der Waals surface area contributed by atoms with Gasteiger partial charge in [-0.2, -0.15) is 0 Å². The van der Waals surface area contributed by atoms with Crippen LogP contribution in [0.3, 0.4) is 0 Å². The fraction of sp³-hybridized carbons (Fsp3) is 0.526. The van der Waals surface area contributed by atoms with Crippen LogP contribution in [0.15, 0.2) is 24.3 Å². The minimum absolute atomic E-state index is 0.136. The molecule has 2 atom stereocenters. The van der Waals surface area contributed by atoms with E-state index in [4.69, 9.17) is 9.84 Å². The largest absolute Gasteiger partial charge is 0.497 e. The first-order chi connectivity index (χ1) is 12.9. The molecular formula is C19H27N3O5. The predicted molar refractivity (Wildman–Crippen MR) is 99.4 cm³/mol. The van der Waals surface area contributed by atoms with Crippen LogP contribution in [0.4, 0.5) is 0 Å². The van der Waals surface area contributed by atoms with Crippen LogP contribution in [-0.2, 0) is 9.59 Å². The van der Waals surface area contributed by atoms with Gasteiger partial charge in [-0.3, -0.25) is 14.4 Å². The predicted octanol–water partition coefficient (Wildman–Crippen LogP) is 0.255. The lowest BCUT2D eigenvalue weighted by Crippen LogP contribution is -2.47. The number of likely N-dealkylation sites (tertiary alicyclic amines) is 1. The van der Waals surface area contributed by atoms with Crippen molar-refractivity contribution in [2.45, 2.75) is 32.4 Å². The maximum atomic E-state index is 13.0. The van der Waals surface area contributed by atoms with E-state index in [-0.39, 0.29) is 24.4 Å². The molecule has 0 saturated carbocycles. The number of nitrogens with one attached hydrogen (secondary N) is 1. The fourth-order valence-corrected chi connectivity index (χ4v) is 3.32. The number of carbonyl (C=O) groups is 3. The van der Waals surface area contributed by atoms with E-state index in [1.165, 1.54) is 4.90 Å². The van der Waals surface area contributed by atoms with Gasteiger partial charge in [0, 0.05) is 31.2 Å². The van der Waals surface area contributed by atoms with Gasteiger partial charge in [0.25, 0.3) is 5.91 Å². The molecule has 8 nitrogen and oxygen atoms in total. The summed E-state index contributed by atoms with van der Waals surface area (Å²) in [5.74, 6) is -0.295. The van der Waals surface area contributed by atoms with Crippen LogP contribution in [0.25, 0.3) is 0 Å². The maximum absolute atomic E-state index is 13.0. The Morgan fingerprint density at radius 3 is 2.37 bits per heavy atom. The molecule has 1 fully saturated rings. The van der Waals surface area contributed by atoms with Crippen molar-refractivity contribution in [3.8, 4) is 5.75 Å². The first-order valence-electron chi connectivity index (χ1n) is 9.09. The topological polar surface area (TPSA) is 99.2 Å². The second-order valence-electron chi connectivity index (χ2n) is 6.37. The maximum Gasteiger partial charge on any atom is 0.254 e. The van der Waals surface area contributed by atoms with Crippen molar-refractivity contribution in [3.05, 3.63) is 29.8 Å². The van der Waals surface area contributed by atoms with Gasteiger partial charge in [-0.1, -0.05) is 0 Å². The molecule has 8 heteroatoms. The van der Waals surface area contributed by atoms with E-state index in [2.05, 4.69) is 5.32 Å². The SMILES string of the molecule is CCN(CC)C(=O)[C@@H]1C[C@@H](NC(=O)CO)CN1C(=O)c1ccc(OC)cc1. The zero-order chi connectivity index (χ0) is 20.0. The van der Waals surface area contributed by atoms with Crippen LogP contribution in [0.1, 0.15) is 30.6 Å². The number of benzene rings is 1. The Morgan fingerprint density at radius 2 is 1.85 bits per heavy atom. The molecule has 1 aromatic carbocycles. The van der Waals surface area contributed by atoms with Crippen molar-refractivity contribution in [3.63, 3.8) is 0 Å². The molecule has 148 valence electrons. The molecule has 1 aliphatic rings. The van der Waals surface area contributed by atoms with Crippen LogP contribution in [-0.4, -0.2) is 78.1 Å². The molecule has 2 N–H and O–H groups in total. The quantitative estimate of drug-likeness (QED) is 0.710. The van der Waals surface area contributed by atoms with Gasteiger partial charge >= 0.3 is 0 Å². The van der Waals surface area contributed by atoms with E-state index in [9.17, 15) is 14.4 Å². The van der Waals surface area contributed by atoms with Crippen LogP contribution in [0.5, 0.6) is 5.75 Å². The van der Waals surface area contributed by atoms with Crippen LogP contribution < -0.4 is 10.1 Å². The number of hydrogen-bond donors (Lipinski definition) is 2. The third-order valence-corrected chi connectivity index (χ3v) is 4.77. The van der Waals surface area contributed by atoms with E-state index in [1.807, 2.05) is 13.8 Å². The van der Waals surface area contributed by atoms with E-state index in [1.54, 1.807) is 36.3 Å². The van der Waals surface area contributed by atoms with Gasteiger partial charge in [0.05, 0.1) is 7.11 Å². The van der Waals surface area contributed by atoms with Gasteiger partial charge in [0.1, 0.15) is 18.4 Å². The lowest BCUT2D eigenvalue weighted by atomic mass is 10.1. The van der Waals surface area contributed by atoms with Crippen molar-refractivity contribution in [2.24, 2.45) is 0 Å². The third-order valence-electron chi connectivity index (χ3n) is 4.77. The Balaban J connectivity index is 2.25. The van der Waals surface area contributed by atoms with Crippen molar-refractivity contribution in [1.82, 2.24) is 15.1 Å². The van der Waals surface area contributed by atoms with Crippen molar-refractivity contribution in [1.29, 1.82) is 0 Å². The zero-order valence-electron chi connectivity index (χ0n) is 16.0. The number of carbonyl (C=O) groups excluding carboxylic acids is 3. The molecule has 0 aromatic heterocycles. The minimum atomic E-state index is -0.650. The number of hydrogen-bond acceptors (Lipinski definition) is 5. The van der Waals surface area contributed by atoms with Crippen molar-refractivity contribution in [2.75, 3.05) is 33.4 Å². The van der Waals surface area contributed by atoms with Crippen molar-refractivity contribution >= 4 is 17.7 Å².